The Morgan fingerprint density at radius 1 is 0.681 bits per heavy atom. The summed E-state index contributed by atoms with van der Waals surface area (Å²) in [4.78, 5) is 5.62. The molecule has 0 atom stereocenters. The molecule has 6 rings (SSSR count). The van der Waals surface area contributed by atoms with Gasteiger partial charge in [-0.25, -0.2) is 4.98 Å². The van der Waals surface area contributed by atoms with E-state index in [9.17, 15) is 0 Å². The molecule has 0 saturated carbocycles. The Morgan fingerprint density at radius 3 is 2.17 bits per heavy atom. The quantitative estimate of drug-likeness (QED) is 0.0542. The summed E-state index contributed by atoms with van der Waals surface area (Å²) in [5.74, 6) is 1.97. The Kier molecular flexibility index (Phi) is 11.6. The van der Waals surface area contributed by atoms with Gasteiger partial charge in [-0.05, 0) is 52.6 Å². The number of aromatic nitrogens is 2. The van der Waals surface area contributed by atoms with E-state index in [1.165, 1.54) is 108 Å². The van der Waals surface area contributed by atoms with Crippen molar-refractivity contribution < 1.29 is 4.74 Å². The normalized spacial score (nSPS) is 11.7. The van der Waals surface area contributed by atoms with Crippen LogP contribution in [0.4, 0.5) is 0 Å². The molecule has 0 unspecified atom stereocenters. The van der Waals surface area contributed by atoms with E-state index < -0.39 is 0 Å². The molecule has 1 heterocycles. The molecule has 1 aromatic heterocycles. The van der Waals surface area contributed by atoms with Gasteiger partial charge in [-0.2, -0.15) is 0 Å². The highest BCUT2D eigenvalue weighted by Gasteiger charge is 2.23. The second-order valence-corrected chi connectivity index (χ2v) is 14.2. The molecule has 6 aromatic rings. The van der Waals surface area contributed by atoms with Gasteiger partial charge in [0.25, 0.3) is 0 Å². The van der Waals surface area contributed by atoms with Gasteiger partial charge < -0.3 is 9.30 Å². The van der Waals surface area contributed by atoms with Crippen molar-refractivity contribution in [2.75, 3.05) is 6.61 Å². The van der Waals surface area contributed by atoms with Gasteiger partial charge in [-0.3, -0.25) is 0 Å². The third-order valence-corrected chi connectivity index (χ3v) is 10.3. The lowest BCUT2D eigenvalue weighted by Crippen LogP contribution is -2.09. The van der Waals surface area contributed by atoms with Gasteiger partial charge in [-0.1, -0.05) is 161 Å². The highest BCUT2D eigenvalue weighted by molar-refractivity contribution is 9.10. The molecule has 0 aliphatic carbocycles. The van der Waals surface area contributed by atoms with E-state index in [-0.39, 0.29) is 0 Å². The van der Waals surface area contributed by atoms with Crippen molar-refractivity contribution in [3.8, 4) is 17.1 Å². The molecule has 47 heavy (non-hydrogen) atoms. The SMILES string of the molecule is CBc1ccc2c(c1)c1cc(Br)ccc1c1nc(-c3c(OCCCCCCCC)ccc4ccccc34)n(CCCCCCCC)c21. The topological polar surface area (TPSA) is 27.1 Å². The van der Waals surface area contributed by atoms with Crippen LogP contribution in [0.5, 0.6) is 5.75 Å². The van der Waals surface area contributed by atoms with Gasteiger partial charge in [0.05, 0.1) is 23.2 Å². The lowest BCUT2D eigenvalue weighted by atomic mass is 9.72. The van der Waals surface area contributed by atoms with E-state index in [0.29, 0.717) is 0 Å². The minimum atomic E-state index is 0.731. The lowest BCUT2D eigenvalue weighted by molar-refractivity contribution is 0.305. The van der Waals surface area contributed by atoms with E-state index in [1.54, 1.807) is 0 Å². The van der Waals surface area contributed by atoms with Crippen LogP contribution in [0.25, 0.3) is 54.7 Å². The van der Waals surface area contributed by atoms with Crippen LogP contribution >= 0.6 is 15.9 Å². The summed E-state index contributed by atoms with van der Waals surface area (Å²) in [7, 11) is 1.01. The summed E-state index contributed by atoms with van der Waals surface area (Å²) < 4.78 is 10.3. The Bertz CT molecular complexity index is 1960. The number of fused-ring (bicyclic) bond motifs is 7. The van der Waals surface area contributed by atoms with E-state index >= 15 is 0 Å². The van der Waals surface area contributed by atoms with Gasteiger partial charge in [0.1, 0.15) is 11.6 Å². The van der Waals surface area contributed by atoms with Crippen LogP contribution in [0.2, 0.25) is 6.82 Å². The molecule has 0 amide bonds. The molecule has 0 bridgehead atoms. The Balaban J connectivity index is 1.53. The number of rotatable bonds is 17. The van der Waals surface area contributed by atoms with Gasteiger partial charge in [-0.15, -0.1) is 0 Å². The zero-order chi connectivity index (χ0) is 32.6. The predicted molar refractivity (Wildman–Crippen MR) is 210 cm³/mol. The van der Waals surface area contributed by atoms with Crippen LogP contribution in [0.3, 0.4) is 0 Å². The summed E-state index contributed by atoms with van der Waals surface area (Å²) in [6, 6.07) is 26.9. The van der Waals surface area contributed by atoms with Crippen molar-refractivity contribution >= 4 is 72.0 Å². The molecule has 0 saturated heterocycles. The van der Waals surface area contributed by atoms with E-state index in [4.69, 9.17) is 9.72 Å². The minimum absolute atomic E-state index is 0.731. The first-order valence-corrected chi connectivity index (χ1v) is 19.1. The second kappa shape index (κ2) is 16.2. The van der Waals surface area contributed by atoms with Crippen molar-refractivity contribution in [1.29, 1.82) is 0 Å². The maximum absolute atomic E-state index is 6.69. The third-order valence-electron chi connectivity index (χ3n) is 9.85. The number of imidazole rings is 1. The number of halogens is 1. The van der Waals surface area contributed by atoms with Gasteiger partial charge in [0, 0.05) is 21.8 Å². The number of ether oxygens (including phenoxy) is 1. The Morgan fingerprint density at radius 2 is 1.38 bits per heavy atom. The second-order valence-electron chi connectivity index (χ2n) is 13.3. The average molecular weight is 690 g/mol. The number of nitrogens with zero attached hydrogens (tertiary/aromatic N) is 2. The number of hydrogen-bond acceptors (Lipinski definition) is 2. The van der Waals surface area contributed by atoms with Crippen molar-refractivity contribution in [1.82, 2.24) is 9.55 Å². The molecular formula is C42H50BBrN2O. The van der Waals surface area contributed by atoms with E-state index in [1.807, 2.05) is 0 Å². The molecule has 244 valence electrons. The molecule has 3 nitrogen and oxygen atoms in total. The first-order chi connectivity index (χ1) is 23.1. The molecule has 5 heteroatoms. The van der Waals surface area contributed by atoms with Crippen LogP contribution in [0, 0.1) is 0 Å². The Labute approximate surface area is 290 Å². The monoisotopic (exact) mass is 688 g/mol. The smallest absolute Gasteiger partial charge is 0.154 e. The van der Waals surface area contributed by atoms with Crippen LogP contribution in [-0.2, 0) is 6.54 Å². The fourth-order valence-corrected chi connectivity index (χ4v) is 7.59. The molecule has 0 fully saturated rings. The molecule has 0 aliphatic heterocycles. The number of unbranched alkanes of at least 4 members (excludes halogenated alkanes) is 10. The predicted octanol–water partition coefficient (Wildman–Crippen LogP) is 12.1. The first kappa shape index (κ1) is 33.6. The molecule has 0 N–H and O–H groups in total. The van der Waals surface area contributed by atoms with E-state index in [0.717, 1.165) is 60.4 Å². The average Bonchev–Trinajstić information content (AvgIpc) is 3.47. The highest BCUT2D eigenvalue weighted by atomic mass is 79.9. The molecule has 0 aliphatic rings. The van der Waals surface area contributed by atoms with Gasteiger partial charge in [0.15, 0.2) is 7.28 Å². The first-order valence-electron chi connectivity index (χ1n) is 18.3. The summed E-state index contributed by atoms with van der Waals surface area (Å²) in [5, 5.41) is 7.48. The third kappa shape index (κ3) is 7.41. The van der Waals surface area contributed by atoms with Crippen molar-refractivity contribution in [2.24, 2.45) is 0 Å². The number of benzene rings is 5. The zero-order valence-electron chi connectivity index (χ0n) is 28.7. The fraction of sp³-hybridized carbons (Fsp3) is 0.405. The summed E-state index contributed by atoms with van der Waals surface area (Å²) >= 11 is 3.78. The molecule has 0 radical (unpaired) electrons. The molecule has 5 aromatic carbocycles. The Hall–Kier alpha value is -3.31. The lowest BCUT2D eigenvalue weighted by Gasteiger charge is -2.17. The van der Waals surface area contributed by atoms with Crippen LogP contribution < -0.4 is 10.2 Å². The summed E-state index contributed by atoms with van der Waals surface area (Å²) in [6.07, 6.45) is 15.1. The maximum atomic E-state index is 6.69. The standard InChI is InChI=1S/C42H50BBrN2O/c1-4-6-8-10-12-16-26-46-41-35-23-21-31(43-3)28-36(35)37-29-32(44)22-24-34(37)40(41)45-42(46)39-33-19-15-14-18-30(33)20-25-38(39)47-27-17-13-11-9-7-5-2/h14-15,18-25,28-29,43H,4-13,16-17,26-27H2,1-3H3. The fourth-order valence-electron chi connectivity index (χ4n) is 7.23. The summed E-state index contributed by atoms with van der Waals surface area (Å²) in [6.45, 7) is 8.47. The van der Waals surface area contributed by atoms with Gasteiger partial charge >= 0.3 is 0 Å². The maximum Gasteiger partial charge on any atom is 0.154 e. The minimum Gasteiger partial charge on any atom is -0.493 e. The van der Waals surface area contributed by atoms with Gasteiger partial charge in [0.2, 0.25) is 0 Å². The largest absolute Gasteiger partial charge is 0.493 e. The molecular weight excluding hydrogens is 639 g/mol. The van der Waals surface area contributed by atoms with Crippen molar-refractivity contribution in [3.63, 3.8) is 0 Å². The number of hydrogen-bond donors (Lipinski definition) is 0. The summed E-state index contributed by atoms with van der Waals surface area (Å²) in [5.41, 5.74) is 4.82. The van der Waals surface area contributed by atoms with Crippen LogP contribution in [-0.4, -0.2) is 23.4 Å². The zero-order valence-corrected chi connectivity index (χ0v) is 30.3. The van der Waals surface area contributed by atoms with Crippen molar-refractivity contribution in [3.05, 3.63) is 77.3 Å². The number of aryl methyl sites for hydroxylation is 1. The van der Waals surface area contributed by atoms with Crippen molar-refractivity contribution in [2.45, 2.75) is 104 Å². The molecule has 0 spiro atoms. The van der Waals surface area contributed by atoms with Crippen LogP contribution in [0.1, 0.15) is 90.9 Å². The van der Waals surface area contributed by atoms with E-state index in [2.05, 4.69) is 114 Å². The highest BCUT2D eigenvalue weighted by Crippen LogP contribution is 2.42. The van der Waals surface area contributed by atoms with Crippen LogP contribution in [0.15, 0.2) is 77.3 Å².